The number of amides is 1. The first kappa shape index (κ1) is 22.5. The van der Waals surface area contributed by atoms with E-state index in [-0.39, 0.29) is 11.8 Å². The lowest BCUT2D eigenvalue weighted by Gasteiger charge is -2.30. The van der Waals surface area contributed by atoms with Crippen molar-refractivity contribution in [1.82, 2.24) is 4.90 Å². The fraction of sp³-hybridized carbons (Fsp3) is 0.480. The van der Waals surface area contributed by atoms with Crippen LogP contribution in [-0.2, 0) is 22.4 Å². The summed E-state index contributed by atoms with van der Waals surface area (Å²) in [5, 5.41) is 14.3. The molecule has 168 valence electrons. The number of benzene rings is 1. The van der Waals surface area contributed by atoms with E-state index in [9.17, 15) is 9.59 Å². The number of piperidine rings is 1. The summed E-state index contributed by atoms with van der Waals surface area (Å²) in [6.45, 7) is 2.38. The maximum absolute atomic E-state index is 13.0. The van der Waals surface area contributed by atoms with E-state index < -0.39 is 5.97 Å². The Bertz CT molecular complexity index is 1030. The monoisotopic (exact) mass is 451 g/mol. The summed E-state index contributed by atoms with van der Waals surface area (Å²) < 4.78 is 5.07. The Balaban J connectivity index is 1.51. The number of fused-ring (bicyclic) bond motifs is 1. The van der Waals surface area contributed by atoms with Crippen LogP contribution in [0.5, 0.6) is 0 Å². The zero-order valence-electron chi connectivity index (χ0n) is 18.5. The molecule has 1 aromatic carbocycles. The van der Waals surface area contributed by atoms with Crippen molar-refractivity contribution < 1.29 is 14.3 Å². The van der Waals surface area contributed by atoms with Crippen molar-refractivity contribution in [3.8, 4) is 17.2 Å². The van der Waals surface area contributed by atoms with Crippen LogP contribution in [0.4, 0.5) is 5.00 Å². The van der Waals surface area contributed by atoms with Gasteiger partial charge in [0, 0.05) is 29.8 Å². The van der Waals surface area contributed by atoms with Crippen LogP contribution in [0.1, 0.15) is 53.6 Å². The van der Waals surface area contributed by atoms with Gasteiger partial charge in [0.15, 0.2) is 0 Å². The van der Waals surface area contributed by atoms with Gasteiger partial charge in [-0.05, 0) is 68.3 Å². The molecule has 6 nitrogen and oxygen atoms in total. The van der Waals surface area contributed by atoms with Gasteiger partial charge < -0.3 is 15.0 Å². The molecule has 1 amide bonds. The van der Waals surface area contributed by atoms with Gasteiger partial charge >= 0.3 is 5.97 Å². The summed E-state index contributed by atoms with van der Waals surface area (Å²) >= 11 is 1.38. The largest absolute Gasteiger partial charge is 0.465 e. The van der Waals surface area contributed by atoms with Crippen LogP contribution in [-0.4, -0.2) is 43.5 Å². The molecule has 1 aliphatic heterocycles. The van der Waals surface area contributed by atoms with Crippen LogP contribution >= 0.6 is 11.3 Å². The molecule has 0 unspecified atom stereocenters. The zero-order valence-corrected chi connectivity index (χ0v) is 19.3. The van der Waals surface area contributed by atoms with Gasteiger partial charge in [-0.1, -0.05) is 18.2 Å². The first-order valence-corrected chi connectivity index (χ1v) is 12.2. The molecule has 0 atom stereocenters. The topological polar surface area (TPSA) is 82.4 Å². The second-order valence-electron chi connectivity index (χ2n) is 8.55. The number of nitrogens with zero attached hydrogens (tertiary/aromatic N) is 2. The summed E-state index contributed by atoms with van der Waals surface area (Å²) in [5.41, 5.74) is 4.99. The highest BCUT2D eigenvalue weighted by atomic mass is 32.1. The Morgan fingerprint density at radius 1 is 1.22 bits per heavy atom. The van der Waals surface area contributed by atoms with E-state index in [2.05, 4.69) is 34.5 Å². The lowest BCUT2D eigenvalue weighted by Crippen LogP contribution is -2.38. The molecule has 1 aromatic heterocycles. The van der Waals surface area contributed by atoms with E-state index in [0.717, 1.165) is 56.4 Å². The number of carbonyl (C=O) groups excluding carboxylic acids is 2. The lowest BCUT2D eigenvalue weighted by molar-refractivity contribution is -0.121. The van der Waals surface area contributed by atoms with Crippen LogP contribution < -0.4 is 5.32 Å². The number of esters is 1. The van der Waals surface area contributed by atoms with Crippen molar-refractivity contribution in [1.29, 1.82) is 5.26 Å². The lowest BCUT2D eigenvalue weighted by atomic mass is 9.89. The highest BCUT2D eigenvalue weighted by molar-refractivity contribution is 7.15. The van der Waals surface area contributed by atoms with Crippen molar-refractivity contribution in [3.05, 3.63) is 40.3 Å². The number of nitriles is 1. The van der Waals surface area contributed by atoms with Gasteiger partial charge in [-0.3, -0.25) is 4.79 Å². The summed E-state index contributed by atoms with van der Waals surface area (Å²) in [5.74, 6) is -0.567. The number of hydrogen-bond donors (Lipinski definition) is 1. The number of ether oxygens (including phenoxy) is 1. The van der Waals surface area contributed by atoms with Crippen LogP contribution in [0.25, 0.3) is 11.1 Å². The maximum Gasteiger partial charge on any atom is 0.341 e. The SMILES string of the molecule is COC(=O)c1c(-c2ccc3c(c2)CCCC3)csc1NC(=O)C1CCN(CCC#N)CC1. The maximum atomic E-state index is 13.0. The number of anilines is 1. The second kappa shape index (κ2) is 10.3. The molecule has 0 radical (unpaired) electrons. The predicted molar refractivity (Wildman–Crippen MR) is 126 cm³/mol. The number of rotatable bonds is 6. The van der Waals surface area contributed by atoms with Crippen molar-refractivity contribution in [2.24, 2.45) is 5.92 Å². The number of carbonyl (C=O) groups is 2. The van der Waals surface area contributed by atoms with Crippen molar-refractivity contribution in [3.63, 3.8) is 0 Å². The van der Waals surface area contributed by atoms with Crippen molar-refractivity contribution >= 4 is 28.2 Å². The Kier molecular flexibility index (Phi) is 7.23. The standard InChI is InChI=1S/C25H29N3O3S/c1-31-25(30)22-21(20-8-7-17-5-2-3-6-19(17)15-20)16-32-24(22)27-23(29)18-9-13-28(14-10-18)12-4-11-26/h7-8,15-16,18H,2-6,9-10,12-14H2,1H3,(H,27,29). The fourth-order valence-corrected chi connectivity index (χ4v) is 5.67. The van der Waals surface area contributed by atoms with Crippen LogP contribution in [0.3, 0.4) is 0 Å². The summed E-state index contributed by atoms with van der Waals surface area (Å²) in [6, 6.07) is 8.60. The van der Waals surface area contributed by atoms with Crippen LogP contribution in [0.2, 0.25) is 0 Å². The van der Waals surface area contributed by atoms with E-state index in [1.165, 1.54) is 42.4 Å². The molecule has 7 heteroatoms. The first-order chi connectivity index (χ1) is 15.6. The highest BCUT2D eigenvalue weighted by Gasteiger charge is 2.28. The van der Waals surface area contributed by atoms with E-state index in [1.54, 1.807) is 0 Å². The third-order valence-corrected chi connectivity index (χ3v) is 7.47. The van der Waals surface area contributed by atoms with E-state index in [0.29, 0.717) is 17.0 Å². The quantitative estimate of drug-likeness (QED) is 0.647. The normalized spacial score (nSPS) is 16.8. The van der Waals surface area contributed by atoms with E-state index >= 15 is 0 Å². The average molecular weight is 452 g/mol. The van der Waals surface area contributed by atoms with Crippen LogP contribution in [0, 0.1) is 17.2 Å². The number of hydrogen-bond acceptors (Lipinski definition) is 6. The third-order valence-electron chi connectivity index (χ3n) is 6.57. The smallest absolute Gasteiger partial charge is 0.341 e. The predicted octanol–water partition coefficient (Wildman–Crippen LogP) is 4.64. The molecule has 0 spiro atoms. The van der Waals surface area contributed by atoms with Gasteiger partial charge in [0.25, 0.3) is 0 Å². The van der Waals surface area contributed by atoms with Gasteiger partial charge in [-0.15, -0.1) is 11.3 Å². The van der Waals surface area contributed by atoms with E-state index in [4.69, 9.17) is 10.00 Å². The van der Waals surface area contributed by atoms with Gasteiger partial charge in [0.05, 0.1) is 13.2 Å². The van der Waals surface area contributed by atoms with Gasteiger partial charge in [-0.2, -0.15) is 5.26 Å². The number of likely N-dealkylation sites (tertiary alicyclic amines) is 1. The summed E-state index contributed by atoms with van der Waals surface area (Å²) in [7, 11) is 1.37. The van der Waals surface area contributed by atoms with E-state index in [1.807, 2.05) is 5.38 Å². The highest BCUT2D eigenvalue weighted by Crippen LogP contribution is 2.38. The molecule has 1 fully saturated rings. The molecular weight excluding hydrogens is 422 g/mol. The number of thiophene rings is 1. The Labute approximate surface area is 193 Å². The molecule has 32 heavy (non-hydrogen) atoms. The minimum Gasteiger partial charge on any atom is -0.465 e. The molecule has 1 saturated heterocycles. The molecule has 1 aliphatic carbocycles. The fourth-order valence-electron chi connectivity index (χ4n) is 4.71. The Morgan fingerprint density at radius 2 is 1.97 bits per heavy atom. The third kappa shape index (κ3) is 4.87. The number of methoxy groups -OCH3 is 1. The molecule has 2 aromatic rings. The Morgan fingerprint density at radius 3 is 2.69 bits per heavy atom. The molecule has 0 bridgehead atoms. The van der Waals surface area contributed by atoms with Crippen molar-refractivity contribution in [2.75, 3.05) is 32.1 Å². The first-order valence-electron chi connectivity index (χ1n) is 11.3. The zero-order chi connectivity index (χ0) is 22.5. The molecule has 1 N–H and O–H groups in total. The van der Waals surface area contributed by atoms with Crippen LogP contribution in [0.15, 0.2) is 23.6 Å². The van der Waals surface area contributed by atoms with Crippen molar-refractivity contribution in [2.45, 2.75) is 44.9 Å². The molecule has 2 heterocycles. The second-order valence-corrected chi connectivity index (χ2v) is 9.43. The van der Waals surface area contributed by atoms with Gasteiger partial charge in [0.2, 0.25) is 5.91 Å². The minimum absolute atomic E-state index is 0.0473. The van der Waals surface area contributed by atoms with Gasteiger partial charge in [0.1, 0.15) is 10.6 Å². The van der Waals surface area contributed by atoms with Gasteiger partial charge in [-0.25, -0.2) is 4.79 Å². The molecule has 0 saturated carbocycles. The summed E-state index contributed by atoms with van der Waals surface area (Å²) in [6.07, 6.45) is 6.63. The molecule has 2 aliphatic rings. The number of aryl methyl sites for hydroxylation is 2. The Hall–Kier alpha value is -2.69. The molecular formula is C25H29N3O3S. The number of nitrogens with one attached hydrogen (secondary N) is 1. The molecule has 4 rings (SSSR count). The summed E-state index contributed by atoms with van der Waals surface area (Å²) in [4.78, 5) is 27.9. The average Bonchev–Trinajstić information content (AvgIpc) is 3.25. The minimum atomic E-state index is -0.430.